The molecule has 0 aromatic carbocycles. The summed E-state index contributed by atoms with van der Waals surface area (Å²) in [6.45, 7) is 4.53. The molecule has 2 heterocycles. The third-order valence-electron chi connectivity index (χ3n) is 3.32. The largest absolute Gasteiger partial charge is 0.397 e. The molecule has 2 rings (SSSR count). The van der Waals surface area contributed by atoms with Gasteiger partial charge in [0.15, 0.2) is 0 Å². The molecule has 0 aliphatic heterocycles. The number of aryl methyl sites for hydroxylation is 2. The van der Waals surface area contributed by atoms with Gasteiger partial charge in [0.2, 0.25) is 0 Å². The Bertz CT molecular complexity index is 632. The summed E-state index contributed by atoms with van der Waals surface area (Å²) in [6.07, 6.45) is 0.672. The molecule has 4 N–H and O–H groups in total. The van der Waals surface area contributed by atoms with E-state index in [1.807, 2.05) is 20.9 Å². The molecule has 0 aliphatic rings. The Morgan fingerprint density at radius 2 is 2.30 bits per heavy atom. The molecular weight excluding hydrogens is 276 g/mol. The number of anilines is 1. The predicted molar refractivity (Wildman–Crippen MR) is 80.9 cm³/mol. The van der Waals surface area contributed by atoms with Crippen LogP contribution in [0, 0.1) is 12.8 Å². The highest BCUT2D eigenvalue weighted by Gasteiger charge is 2.21. The fourth-order valence-electron chi connectivity index (χ4n) is 2.17. The van der Waals surface area contributed by atoms with Crippen molar-refractivity contribution in [1.82, 2.24) is 15.1 Å². The van der Waals surface area contributed by atoms with Gasteiger partial charge in [0.1, 0.15) is 9.71 Å². The molecular formula is C13H20N4O2S. The lowest BCUT2D eigenvalue weighted by Gasteiger charge is -2.10. The maximum Gasteiger partial charge on any atom is 0.263 e. The molecule has 0 spiro atoms. The number of aliphatic hydroxyl groups is 1. The van der Waals surface area contributed by atoms with E-state index < -0.39 is 0 Å². The van der Waals surface area contributed by atoms with Crippen molar-refractivity contribution in [2.75, 3.05) is 18.9 Å². The second kappa shape index (κ2) is 5.80. The van der Waals surface area contributed by atoms with Gasteiger partial charge in [-0.3, -0.25) is 9.48 Å². The van der Waals surface area contributed by atoms with Gasteiger partial charge in [-0.25, -0.2) is 0 Å². The zero-order valence-corrected chi connectivity index (χ0v) is 12.8. The van der Waals surface area contributed by atoms with Crippen LogP contribution in [-0.4, -0.2) is 33.9 Å². The Morgan fingerprint density at radius 1 is 1.60 bits per heavy atom. The van der Waals surface area contributed by atoms with E-state index in [0.717, 1.165) is 15.9 Å². The van der Waals surface area contributed by atoms with Crippen LogP contribution in [0.2, 0.25) is 0 Å². The first kappa shape index (κ1) is 14.8. The number of fused-ring (bicyclic) bond motifs is 1. The van der Waals surface area contributed by atoms with Crippen LogP contribution in [0.3, 0.4) is 0 Å². The van der Waals surface area contributed by atoms with Crippen LogP contribution in [0.25, 0.3) is 10.2 Å². The molecule has 2 aromatic rings. The molecule has 0 aliphatic carbocycles. The first-order valence-corrected chi connectivity index (χ1v) is 7.38. The lowest BCUT2D eigenvalue weighted by atomic mass is 10.1. The molecule has 0 radical (unpaired) electrons. The fourth-order valence-corrected chi connectivity index (χ4v) is 3.27. The summed E-state index contributed by atoms with van der Waals surface area (Å²) in [7, 11) is 1.84. The second-order valence-corrected chi connectivity index (χ2v) is 6.06. The Hall–Kier alpha value is -1.60. The molecule has 0 saturated carbocycles. The van der Waals surface area contributed by atoms with Crippen LogP contribution in [0.5, 0.6) is 0 Å². The molecule has 0 fully saturated rings. The van der Waals surface area contributed by atoms with Crippen LogP contribution >= 0.6 is 11.3 Å². The Morgan fingerprint density at radius 3 is 2.90 bits per heavy atom. The zero-order chi connectivity index (χ0) is 14.9. The number of hydrogen-bond acceptors (Lipinski definition) is 5. The van der Waals surface area contributed by atoms with Crippen molar-refractivity contribution in [3.8, 4) is 0 Å². The van der Waals surface area contributed by atoms with Gasteiger partial charge < -0.3 is 16.2 Å². The van der Waals surface area contributed by atoms with E-state index in [4.69, 9.17) is 10.8 Å². The van der Waals surface area contributed by atoms with Gasteiger partial charge in [-0.15, -0.1) is 11.3 Å². The molecule has 1 atom stereocenters. The molecule has 7 heteroatoms. The van der Waals surface area contributed by atoms with E-state index in [-0.39, 0.29) is 18.4 Å². The second-order valence-electron chi connectivity index (χ2n) is 5.06. The van der Waals surface area contributed by atoms with Crippen molar-refractivity contribution in [3.05, 3.63) is 10.6 Å². The lowest BCUT2D eigenvalue weighted by molar-refractivity contribution is 0.0950. The maximum absolute atomic E-state index is 12.2. The number of carbonyl (C=O) groups is 1. The third kappa shape index (κ3) is 2.64. The van der Waals surface area contributed by atoms with Crippen molar-refractivity contribution in [1.29, 1.82) is 0 Å². The molecule has 110 valence electrons. The van der Waals surface area contributed by atoms with Crippen LogP contribution in [-0.2, 0) is 7.05 Å². The normalized spacial score (nSPS) is 12.8. The Kier molecular flexibility index (Phi) is 4.29. The van der Waals surface area contributed by atoms with E-state index in [1.165, 1.54) is 11.3 Å². The number of thiophene rings is 1. The fraction of sp³-hybridized carbons (Fsp3) is 0.538. The molecule has 0 saturated heterocycles. The highest BCUT2D eigenvalue weighted by atomic mass is 32.1. The molecule has 0 bridgehead atoms. The van der Waals surface area contributed by atoms with Gasteiger partial charge in [0.05, 0.1) is 16.8 Å². The van der Waals surface area contributed by atoms with E-state index >= 15 is 0 Å². The van der Waals surface area contributed by atoms with E-state index in [9.17, 15) is 4.79 Å². The van der Waals surface area contributed by atoms with Gasteiger partial charge in [0, 0.05) is 20.2 Å². The van der Waals surface area contributed by atoms with Gasteiger partial charge >= 0.3 is 0 Å². The summed E-state index contributed by atoms with van der Waals surface area (Å²) in [5, 5.41) is 16.9. The number of aliphatic hydroxyl groups excluding tert-OH is 1. The highest BCUT2D eigenvalue weighted by molar-refractivity contribution is 7.21. The number of aromatic nitrogens is 2. The minimum absolute atomic E-state index is 0.132. The minimum Gasteiger partial charge on any atom is -0.397 e. The highest BCUT2D eigenvalue weighted by Crippen LogP contribution is 2.35. The first-order valence-electron chi connectivity index (χ1n) is 6.56. The maximum atomic E-state index is 12.2. The summed E-state index contributed by atoms with van der Waals surface area (Å²) >= 11 is 1.36. The average molecular weight is 296 g/mol. The van der Waals surface area contributed by atoms with Crippen LogP contribution in [0.15, 0.2) is 0 Å². The van der Waals surface area contributed by atoms with Crippen molar-refractivity contribution in [2.24, 2.45) is 13.0 Å². The van der Waals surface area contributed by atoms with Gasteiger partial charge in [-0.05, 0) is 19.3 Å². The van der Waals surface area contributed by atoms with Crippen LogP contribution in [0.4, 0.5) is 5.69 Å². The summed E-state index contributed by atoms with van der Waals surface area (Å²) in [6, 6.07) is 0. The number of hydrogen-bond donors (Lipinski definition) is 3. The predicted octanol–water partition coefficient (Wildman–Crippen LogP) is 1.27. The summed E-state index contributed by atoms with van der Waals surface area (Å²) in [5.74, 6) is 0.0795. The van der Waals surface area contributed by atoms with Crippen molar-refractivity contribution in [2.45, 2.75) is 20.3 Å². The van der Waals surface area contributed by atoms with E-state index in [1.54, 1.807) is 4.68 Å². The molecule has 1 amide bonds. The molecule has 20 heavy (non-hydrogen) atoms. The number of amides is 1. The third-order valence-corrected chi connectivity index (χ3v) is 4.59. The number of rotatable bonds is 5. The van der Waals surface area contributed by atoms with Gasteiger partial charge in [-0.1, -0.05) is 6.92 Å². The van der Waals surface area contributed by atoms with E-state index in [2.05, 4.69) is 10.4 Å². The topological polar surface area (TPSA) is 93.2 Å². The number of nitrogens with zero attached hydrogens (tertiary/aromatic N) is 2. The van der Waals surface area contributed by atoms with Crippen LogP contribution in [0.1, 0.15) is 28.7 Å². The molecule has 6 nitrogen and oxygen atoms in total. The summed E-state index contributed by atoms with van der Waals surface area (Å²) < 4.78 is 1.75. The smallest absolute Gasteiger partial charge is 0.263 e. The van der Waals surface area contributed by atoms with Gasteiger partial charge in [0.25, 0.3) is 5.91 Å². The molecule has 2 aromatic heterocycles. The van der Waals surface area contributed by atoms with Crippen LogP contribution < -0.4 is 11.1 Å². The Balaban J connectivity index is 2.18. The van der Waals surface area contributed by atoms with Gasteiger partial charge in [-0.2, -0.15) is 5.10 Å². The minimum atomic E-state index is -0.159. The quantitative estimate of drug-likeness (QED) is 0.774. The lowest BCUT2D eigenvalue weighted by Crippen LogP contribution is -2.28. The summed E-state index contributed by atoms with van der Waals surface area (Å²) in [5.41, 5.74) is 7.42. The molecule has 1 unspecified atom stereocenters. The summed E-state index contributed by atoms with van der Waals surface area (Å²) in [4.78, 5) is 13.6. The van der Waals surface area contributed by atoms with Crippen molar-refractivity contribution < 1.29 is 9.90 Å². The van der Waals surface area contributed by atoms with Crippen molar-refractivity contribution >= 4 is 33.1 Å². The zero-order valence-electron chi connectivity index (χ0n) is 11.9. The standard InChI is InChI=1S/C13H20N4O2S/c1-7(4-5-18)6-15-12(19)11-10(14)9-8(2)16-17(3)13(9)20-11/h7,18H,4-6,14H2,1-3H3,(H,15,19). The first-order chi connectivity index (χ1) is 9.45. The average Bonchev–Trinajstić information content (AvgIpc) is 2.87. The number of carbonyl (C=O) groups excluding carboxylic acids is 1. The number of nitrogens with two attached hydrogens (primary N) is 1. The number of nitrogen functional groups attached to an aromatic ring is 1. The Labute approximate surface area is 121 Å². The van der Waals surface area contributed by atoms with E-state index in [0.29, 0.717) is 23.5 Å². The monoisotopic (exact) mass is 296 g/mol. The van der Waals surface area contributed by atoms with Crippen molar-refractivity contribution in [3.63, 3.8) is 0 Å². The SMILES string of the molecule is Cc1nn(C)c2sc(C(=O)NCC(C)CCO)c(N)c12. The number of nitrogens with one attached hydrogen (secondary N) is 1.